The van der Waals surface area contributed by atoms with Gasteiger partial charge in [-0.15, -0.1) is 0 Å². The smallest absolute Gasteiger partial charge is 0.196 e. The van der Waals surface area contributed by atoms with Crippen LogP contribution in [-0.2, 0) is 6.61 Å². The number of nitrogens with two attached hydrogens (primary N) is 1. The zero-order valence-electron chi connectivity index (χ0n) is 13.2. The summed E-state index contributed by atoms with van der Waals surface area (Å²) < 4.78 is 11.2. The number of anilines is 1. The third-order valence-corrected chi connectivity index (χ3v) is 4.28. The maximum atomic E-state index is 12.6. The third-order valence-electron chi connectivity index (χ3n) is 3.60. The van der Waals surface area contributed by atoms with Crippen LogP contribution in [0.4, 0.5) is 5.69 Å². The van der Waals surface area contributed by atoms with Gasteiger partial charge in [-0.25, -0.2) is 0 Å². The molecule has 0 amide bonds. The highest BCUT2D eigenvalue weighted by Crippen LogP contribution is 2.34. The number of carbonyl (C=O) groups excluding carboxylic acids is 1. The first-order chi connectivity index (χ1) is 11.7. The van der Waals surface area contributed by atoms with Gasteiger partial charge >= 0.3 is 0 Å². The number of benzene rings is 2. The molecule has 0 spiro atoms. The minimum atomic E-state index is -0.124. The van der Waals surface area contributed by atoms with Crippen LogP contribution in [-0.4, -0.2) is 12.9 Å². The maximum absolute atomic E-state index is 12.6. The number of thiophene rings is 1. The Bertz CT molecular complexity index is 829. The van der Waals surface area contributed by atoms with E-state index >= 15 is 0 Å². The lowest BCUT2D eigenvalue weighted by molar-refractivity contribution is 0.103. The molecule has 0 aliphatic carbocycles. The van der Waals surface area contributed by atoms with E-state index in [1.165, 1.54) is 11.3 Å². The summed E-state index contributed by atoms with van der Waals surface area (Å²) in [6, 6.07) is 14.8. The summed E-state index contributed by atoms with van der Waals surface area (Å²) in [4.78, 5) is 12.6. The van der Waals surface area contributed by atoms with E-state index in [0.717, 1.165) is 5.56 Å². The van der Waals surface area contributed by atoms with Crippen molar-refractivity contribution in [2.24, 2.45) is 0 Å². The van der Waals surface area contributed by atoms with Gasteiger partial charge in [0.2, 0.25) is 0 Å². The highest BCUT2D eigenvalue weighted by atomic mass is 32.1. The van der Waals surface area contributed by atoms with Crippen LogP contribution >= 0.6 is 11.3 Å². The molecule has 2 N–H and O–H groups in total. The van der Waals surface area contributed by atoms with Gasteiger partial charge in [0.05, 0.1) is 7.11 Å². The molecule has 3 rings (SSSR count). The van der Waals surface area contributed by atoms with Gasteiger partial charge in [-0.1, -0.05) is 30.3 Å². The fourth-order valence-corrected chi connectivity index (χ4v) is 2.97. The maximum Gasteiger partial charge on any atom is 0.196 e. The van der Waals surface area contributed by atoms with E-state index in [1.54, 1.807) is 30.7 Å². The van der Waals surface area contributed by atoms with Gasteiger partial charge in [-0.3, -0.25) is 4.79 Å². The Labute approximate surface area is 144 Å². The topological polar surface area (TPSA) is 61.5 Å². The average molecular weight is 339 g/mol. The number of methoxy groups -OCH3 is 1. The summed E-state index contributed by atoms with van der Waals surface area (Å²) in [7, 11) is 1.55. The molecule has 2 aromatic carbocycles. The lowest BCUT2D eigenvalue weighted by Crippen LogP contribution is -2.07. The molecule has 1 heterocycles. The number of ketones is 1. The Morgan fingerprint density at radius 3 is 2.58 bits per heavy atom. The molecule has 24 heavy (non-hydrogen) atoms. The van der Waals surface area contributed by atoms with Crippen molar-refractivity contribution in [3.8, 4) is 11.5 Å². The van der Waals surface area contributed by atoms with Gasteiger partial charge < -0.3 is 15.2 Å². The van der Waals surface area contributed by atoms with E-state index < -0.39 is 0 Å². The summed E-state index contributed by atoms with van der Waals surface area (Å²) in [5.74, 6) is 0.875. The van der Waals surface area contributed by atoms with Crippen molar-refractivity contribution < 1.29 is 14.3 Å². The molecule has 0 radical (unpaired) electrons. The molecular weight excluding hydrogens is 322 g/mol. The van der Waals surface area contributed by atoms with Crippen LogP contribution in [0.3, 0.4) is 0 Å². The van der Waals surface area contributed by atoms with Gasteiger partial charge in [0.1, 0.15) is 6.61 Å². The van der Waals surface area contributed by atoms with Crippen molar-refractivity contribution in [3.05, 3.63) is 76.0 Å². The summed E-state index contributed by atoms with van der Waals surface area (Å²) in [6.07, 6.45) is 0. The van der Waals surface area contributed by atoms with Crippen molar-refractivity contribution >= 4 is 22.8 Å². The Hall–Kier alpha value is -2.79. The summed E-state index contributed by atoms with van der Waals surface area (Å²) in [5.41, 5.74) is 8.46. The molecule has 0 unspecified atom stereocenters. The van der Waals surface area contributed by atoms with Crippen molar-refractivity contribution in [2.75, 3.05) is 12.8 Å². The molecule has 4 nitrogen and oxygen atoms in total. The number of rotatable bonds is 6. The lowest BCUT2D eigenvalue weighted by Gasteiger charge is -2.14. The Morgan fingerprint density at radius 1 is 1.12 bits per heavy atom. The largest absolute Gasteiger partial charge is 0.493 e. The van der Waals surface area contributed by atoms with E-state index in [-0.39, 0.29) is 5.78 Å². The molecule has 0 saturated heterocycles. The fourth-order valence-electron chi connectivity index (χ4n) is 2.33. The predicted octanol–water partition coefficient (Wildman–Crippen LogP) is 4.15. The molecule has 3 aromatic rings. The van der Waals surface area contributed by atoms with Gasteiger partial charge in [0, 0.05) is 28.3 Å². The molecule has 0 aliphatic rings. The minimum Gasteiger partial charge on any atom is -0.493 e. The molecule has 0 aliphatic heterocycles. The van der Waals surface area contributed by atoms with E-state index in [2.05, 4.69) is 0 Å². The van der Waals surface area contributed by atoms with Crippen molar-refractivity contribution in [1.29, 1.82) is 0 Å². The number of ether oxygens (including phenoxy) is 2. The van der Waals surface area contributed by atoms with E-state index in [0.29, 0.717) is 34.9 Å². The highest BCUT2D eigenvalue weighted by Gasteiger charge is 2.17. The molecule has 1 aromatic heterocycles. The van der Waals surface area contributed by atoms with Crippen LogP contribution in [0.5, 0.6) is 11.5 Å². The lowest BCUT2D eigenvalue weighted by atomic mass is 10.0. The average Bonchev–Trinajstić information content (AvgIpc) is 3.15. The van der Waals surface area contributed by atoms with Gasteiger partial charge in [-0.05, 0) is 23.1 Å². The molecule has 122 valence electrons. The predicted molar refractivity (Wildman–Crippen MR) is 95.9 cm³/mol. The van der Waals surface area contributed by atoms with Crippen LogP contribution in [0.15, 0.2) is 59.3 Å². The SMILES string of the molecule is COc1cc(N)c(C(=O)c2ccsc2)cc1OCc1ccccc1. The first-order valence-corrected chi connectivity index (χ1v) is 8.34. The Morgan fingerprint density at radius 2 is 1.92 bits per heavy atom. The second kappa shape index (κ2) is 7.19. The van der Waals surface area contributed by atoms with E-state index in [1.807, 2.05) is 35.7 Å². The van der Waals surface area contributed by atoms with E-state index in [9.17, 15) is 4.79 Å². The number of nitrogen functional groups attached to an aromatic ring is 1. The third kappa shape index (κ3) is 3.41. The van der Waals surface area contributed by atoms with Crippen LogP contribution in [0.2, 0.25) is 0 Å². The number of carbonyl (C=O) groups is 1. The van der Waals surface area contributed by atoms with Crippen LogP contribution in [0.25, 0.3) is 0 Å². The molecular formula is C19H17NO3S. The van der Waals surface area contributed by atoms with Crippen LogP contribution in [0, 0.1) is 0 Å². The normalized spacial score (nSPS) is 10.4. The van der Waals surface area contributed by atoms with Crippen molar-refractivity contribution in [2.45, 2.75) is 6.61 Å². The molecule has 5 heteroatoms. The Balaban J connectivity index is 1.90. The second-order valence-electron chi connectivity index (χ2n) is 5.21. The van der Waals surface area contributed by atoms with Gasteiger partial charge in [0.15, 0.2) is 17.3 Å². The zero-order chi connectivity index (χ0) is 16.9. The first kappa shape index (κ1) is 16.1. The molecule has 0 fully saturated rings. The minimum absolute atomic E-state index is 0.124. The summed E-state index contributed by atoms with van der Waals surface area (Å²) in [5, 5.41) is 3.66. The highest BCUT2D eigenvalue weighted by molar-refractivity contribution is 7.08. The van der Waals surface area contributed by atoms with Crippen LogP contribution in [0.1, 0.15) is 21.5 Å². The standard InChI is InChI=1S/C19H17NO3S/c1-22-17-10-16(20)15(19(21)14-7-8-24-12-14)9-18(17)23-11-13-5-3-2-4-6-13/h2-10,12H,11,20H2,1H3. The van der Waals surface area contributed by atoms with Gasteiger partial charge in [-0.2, -0.15) is 11.3 Å². The van der Waals surface area contributed by atoms with Crippen molar-refractivity contribution in [1.82, 2.24) is 0 Å². The van der Waals surface area contributed by atoms with Gasteiger partial charge in [0.25, 0.3) is 0 Å². The monoisotopic (exact) mass is 339 g/mol. The Kier molecular flexibility index (Phi) is 4.82. The van der Waals surface area contributed by atoms with Crippen LogP contribution < -0.4 is 15.2 Å². The second-order valence-corrected chi connectivity index (χ2v) is 5.99. The van der Waals surface area contributed by atoms with Crippen molar-refractivity contribution in [3.63, 3.8) is 0 Å². The first-order valence-electron chi connectivity index (χ1n) is 7.40. The molecule has 0 bridgehead atoms. The number of hydrogen-bond acceptors (Lipinski definition) is 5. The summed E-state index contributed by atoms with van der Waals surface area (Å²) in [6.45, 7) is 0.382. The molecule has 0 atom stereocenters. The van der Waals surface area contributed by atoms with E-state index in [4.69, 9.17) is 15.2 Å². The fraction of sp³-hybridized carbons (Fsp3) is 0.105. The number of hydrogen-bond donors (Lipinski definition) is 1. The zero-order valence-corrected chi connectivity index (χ0v) is 14.0. The quantitative estimate of drug-likeness (QED) is 0.541. The molecule has 0 saturated carbocycles. The summed E-state index contributed by atoms with van der Waals surface area (Å²) >= 11 is 1.47.